The molecule has 0 saturated carbocycles. The summed E-state index contributed by atoms with van der Waals surface area (Å²) in [5.41, 5.74) is 7.96. The first-order valence-corrected chi connectivity index (χ1v) is 4.10. The summed E-state index contributed by atoms with van der Waals surface area (Å²) in [7, 11) is 0. The SMILES string of the molecule is Cc1nc(C)c(CO)c(CN)c1O. The molecule has 1 rings (SSSR count). The number of rotatable bonds is 2. The molecule has 0 bridgehead atoms. The average Bonchev–Trinajstić information content (AvgIpc) is 2.10. The molecule has 0 spiro atoms. The van der Waals surface area contributed by atoms with Crippen LogP contribution in [0, 0.1) is 13.8 Å². The largest absolute Gasteiger partial charge is 0.506 e. The molecule has 4 heteroatoms. The summed E-state index contributed by atoms with van der Waals surface area (Å²) in [6.07, 6.45) is 0. The van der Waals surface area contributed by atoms with Crippen molar-refractivity contribution >= 4 is 0 Å². The maximum absolute atomic E-state index is 9.58. The lowest BCUT2D eigenvalue weighted by atomic mass is 10.1. The summed E-state index contributed by atoms with van der Waals surface area (Å²) in [4.78, 5) is 4.09. The maximum Gasteiger partial charge on any atom is 0.141 e. The van der Waals surface area contributed by atoms with Gasteiger partial charge in [0.2, 0.25) is 0 Å². The Kier molecular flexibility index (Phi) is 2.85. The van der Waals surface area contributed by atoms with E-state index in [4.69, 9.17) is 10.8 Å². The number of aliphatic hydroxyl groups is 1. The van der Waals surface area contributed by atoms with Gasteiger partial charge in [-0.15, -0.1) is 0 Å². The van der Waals surface area contributed by atoms with Gasteiger partial charge in [0, 0.05) is 23.4 Å². The van der Waals surface area contributed by atoms with Gasteiger partial charge in [-0.3, -0.25) is 4.98 Å². The Morgan fingerprint density at radius 1 is 1.23 bits per heavy atom. The normalized spacial score (nSPS) is 10.5. The van der Waals surface area contributed by atoms with Crippen molar-refractivity contribution in [2.75, 3.05) is 0 Å². The Morgan fingerprint density at radius 3 is 2.31 bits per heavy atom. The van der Waals surface area contributed by atoms with Crippen LogP contribution in [-0.2, 0) is 13.2 Å². The molecule has 0 aliphatic rings. The van der Waals surface area contributed by atoms with E-state index in [1.165, 1.54) is 0 Å². The van der Waals surface area contributed by atoms with Crippen molar-refractivity contribution in [3.8, 4) is 5.75 Å². The quantitative estimate of drug-likeness (QED) is 0.616. The van der Waals surface area contributed by atoms with E-state index in [0.29, 0.717) is 16.8 Å². The Labute approximate surface area is 77.0 Å². The topological polar surface area (TPSA) is 79.4 Å². The monoisotopic (exact) mass is 182 g/mol. The van der Waals surface area contributed by atoms with Gasteiger partial charge >= 0.3 is 0 Å². The minimum Gasteiger partial charge on any atom is -0.506 e. The smallest absolute Gasteiger partial charge is 0.141 e. The summed E-state index contributed by atoms with van der Waals surface area (Å²) in [6, 6.07) is 0. The van der Waals surface area contributed by atoms with Crippen LogP contribution >= 0.6 is 0 Å². The zero-order valence-corrected chi connectivity index (χ0v) is 7.83. The molecule has 0 radical (unpaired) electrons. The Balaban J connectivity index is 3.41. The number of hydrogen-bond acceptors (Lipinski definition) is 4. The number of aryl methyl sites for hydroxylation is 2. The van der Waals surface area contributed by atoms with Crippen LogP contribution < -0.4 is 5.73 Å². The zero-order valence-electron chi connectivity index (χ0n) is 7.83. The molecule has 4 N–H and O–H groups in total. The van der Waals surface area contributed by atoms with Gasteiger partial charge in [-0.1, -0.05) is 0 Å². The Hall–Kier alpha value is -1.13. The van der Waals surface area contributed by atoms with Crippen LogP contribution in [0.25, 0.3) is 0 Å². The number of aromatic hydroxyl groups is 1. The predicted octanol–water partition coefficient (Wildman–Crippen LogP) is 0.355. The van der Waals surface area contributed by atoms with Gasteiger partial charge < -0.3 is 15.9 Å². The fourth-order valence-electron chi connectivity index (χ4n) is 1.38. The molecule has 0 unspecified atom stereocenters. The first kappa shape index (κ1) is 9.95. The van der Waals surface area contributed by atoms with Gasteiger partial charge in [-0.25, -0.2) is 0 Å². The molecule has 0 fully saturated rings. The molecular weight excluding hydrogens is 168 g/mol. The number of aromatic nitrogens is 1. The standard InChI is InChI=1S/C9H14N2O2/c1-5-8(4-12)7(3-10)9(13)6(2)11-5/h12-13H,3-4,10H2,1-2H3. The molecule has 0 amide bonds. The lowest BCUT2D eigenvalue weighted by Crippen LogP contribution is -2.07. The number of pyridine rings is 1. The third-order valence-electron chi connectivity index (χ3n) is 2.13. The number of nitrogens with zero attached hydrogens (tertiary/aromatic N) is 1. The lowest BCUT2D eigenvalue weighted by molar-refractivity contribution is 0.278. The summed E-state index contributed by atoms with van der Waals surface area (Å²) >= 11 is 0. The van der Waals surface area contributed by atoms with E-state index < -0.39 is 0 Å². The lowest BCUT2D eigenvalue weighted by Gasteiger charge is -2.12. The van der Waals surface area contributed by atoms with E-state index in [9.17, 15) is 5.11 Å². The number of aliphatic hydroxyl groups excluding tert-OH is 1. The van der Waals surface area contributed by atoms with Gasteiger partial charge in [-0.2, -0.15) is 0 Å². The Bertz CT molecular complexity index is 324. The molecule has 4 nitrogen and oxygen atoms in total. The van der Waals surface area contributed by atoms with Crippen LogP contribution in [0.3, 0.4) is 0 Å². The van der Waals surface area contributed by atoms with Gasteiger partial charge in [0.1, 0.15) is 5.75 Å². The fraction of sp³-hybridized carbons (Fsp3) is 0.444. The van der Waals surface area contributed by atoms with Crippen LogP contribution in [0.5, 0.6) is 5.75 Å². The minimum atomic E-state index is -0.140. The minimum absolute atomic E-state index is 0.0946. The van der Waals surface area contributed by atoms with Crippen LogP contribution in [0.4, 0.5) is 0 Å². The van der Waals surface area contributed by atoms with Gasteiger partial charge in [0.15, 0.2) is 0 Å². The molecule has 0 aliphatic carbocycles. The van der Waals surface area contributed by atoms with E-state index in [-0.39, 0.29) is 18.9 Å². The van der Waals surface area contributed by atoms with E-state index in [2.05, 4.69) is 4.98 Å². The predicted molar refractivity (Wildman–Crippen MR) is 49.2 cm³/mol. The number of hydrogen-bond donors (Lipinski definition) is 3. The van der Waals surface area contributed by atoms with Crippen LogP contribution in [0.15, 0.2) is 0 Å². The summed E-state index contributed by atoms with van der Waals surface area (Å²) in [5, 5.41) is 18.6. The molecule has 1 heterocycles. The van der Waals surface area contributed by atoms with Crippen LogP contribution in [0.2, 0.25) is 0 Å². The second-order valence-electron chi connectivity index (χ2n) is 2.95. The third-order valence-corrected chi connectivity index (χ3v) is 2.13. The van der Waals surface area contributed by atoms with E-state index in [0.717, 1.165) is 5.69 Å². The van der Waals surface area contributed by atoms with Crippen molar-refractivity contribution in [2.24, 2.45) is 5.73 Å². The summed E-state index contributed by atoms with van der Waals surface area (Å²) in [5.74, 6) is 0.0946. The second kappa shape index (κ2) is 3.72. The zero-order chi connectivity index (χ0) is 10.0. The van der Waals surface area contributed by atoms with E-state index in [1.54, 1.807) is 13.8 Å². The van der Waals surface area contributed by atoms with Gasteiger partial charge in [0.25, 0.3) is 0 Å². The summed E-state index contributed by atoms with van der Waals surface area (Å²) in [6.45, 7) is 3.57. The molecule has 0 atom stereocenters. The fourth-order valence-corrected chi connectivity index (χ4v) is 1.38. The second-order valence-corrected chi connectivity index (χ2v) is 2.95. The highest BCUT2D eigenvalue weighted by molar-refractivity contribution is 5.43. The van der Waals surface area contributed by atoms with Crippen molar-refractivity contribution < 1.29 is 10.2 Å². The molecule has 0 aliphatic heterocycles. The molecular formula is C9H14N2O2. The maximum atomic E-state index is 9.58. The average molecular weight is 182 g/mol. The number of nitrogens with two attached hydrogens (primary N) is 1. The van der Waals surface area contributed by atoms with Crippen LogP contribution in [0.1, 0.15) is 22.5 Å². The van der Waals surface area contributed by atoms with Crippen molar-refractivity contribution in [2.45, 2.75) is 27.0 Å². The Morgan fingerprint density at radius 2 is 1.85 bits per heavy atom. The van der Waals surface area contributed by atoms with Crippen LogP contribution in [-0.4, -0.2) is 15.2 Å². The van der Waals surface area contributed by atoms with E-state index in [1.807, 2.05) is 0 Å². The van der Waals surface area contributed by atoms with Gasteiger partial charge in [-0.05, 0) is 13.8 Å². The molecule has 72 valence electrons. The van der Waals surface area contributed by atoms with Crippen molar-refractivity contribution in [1.29, 1.82) is 0 Å². The highest BCUT2D eigenvalue weighted by atomic mass is 16.3. The molecule has 0 saturated heterocycles. The highest BCUT2D eigenvalue weighted by Crippen LogP contribution is 2.25. The molecule has 1 aromatic rings. The highest BCUT2D eigenvalue weighted by Gasteiger charge is 2.12. The molecule has 1 aromatic heterocycles. The van der Waals surface area contributed by atoms with Crippen molar-refractivity contribution in [1.82, 2.24) is 4.98 Å². The first-order chi connectivity index (χ1) is 6.11. The molecule has 13 heavy (non-hydrogen) atoms. The van der Waals surface area contributed by atoms with Crippen molar-refractivity contribution in [3.63, 3.8) is 0 Å². The van der Waals surface area contributed by atoms with E-state index >= 15 is 0 Å². The van der Waals surface area contributed by atoms with Gasteiger partial charge in [0.05, 0.1) is 12.3 Å². The third kappa shape index (κ3) is 1.64. The summed E-state index contributed by atoms with van der Waals surface area (Å²) < 4.78 is 0. The molecule has 0 aromatic carbocycles. The first-order valence-electron chi connectivity index (χ1n) is 4.10. The van der Waals surface area contributed by atoms with Crippen molar-refractivity contribution in [3.05, 3.63) is 22.5 Å².